The van der Waals surface area contributed by atoms with Crippen LogP contribution < -0.4 is 14.5 Å². The fourth-order valence-corrected chi connectivity index (χ4v) is 4.29. The second kappa shape index (κ2) is 8.38. The van der Waals surface area contributed by atoms with Gasteiger partial charge in [-0.3, -0.25) is 9.80 Å². The van der Waals surface area contributed by atoms with Crippen molar-refractivity contribution in [1.82, 2.24) is 0 Å². The van der Waals surface area contributed by atoms with Crippen LogP contribution in [-0.2, 0) is 13.1 Å². The Balaban J connectivity index is 1.62. The average molecular weight is 361 g/mol. The minimum atomic E-state index is 0.417. The summed E-state index contributed by atoms with van der Waals surface area (Å²) in [6.45, 7) is 4.47. The normalized spacial score (nSPS) is 21.9. The van der Waals surface area contributed by atoms with Crippen LogP contribution in [0.4, 0.5) is 0 Å². The maximum Gasteiger partial charge on any atom is 0.241 e. The molecule has 0 aliphatic carbocycles. The number of hydrogen-bond acceptors (Lipinski definition) is 1. The molecule has 3 nitrogen and oxygen atoms in total. The molecule has 0 amide bonds. The van der Waals surface area contributed by atoms with Gasteiger partial charge in [0.05, 0.1) is 12.7 Å². The minimum absolute atomic E-state index is 0.417. The summed E-state index contributed by atoms with van der Waals surface area (Å²) in [6, 6.07) is 30.3. The second-order valence-electron chi connectivity index (χ2n) is 7.35. The van der Waals surface area contributed by atoms with E-state index >= 15 is 0 Å². The predicted molar refractivity (Wildman–Crippen MR) is 108 cm³/mol. The molecular formula is C24H28N2O+2. The molecule has 4 rings (SSSR count). The van der Waals surface area contributed by atoms with Crippen molar-refractivity contribution in [2.45, 2.75) is 19.3 Å². The van der Waals surface area contributed by atoms with E-state index < -0.39 is 0 Å². The summed E-state index contributed by atoms with van der Waals surface area (Å²) in [4.78, 5) is 3.25. The molecule has 0 spiro atoms. The lowest BCUT2D eigenvalue weighted by molar-refractivity contribution is -1.09. The first-order valence-corrected chi connectivity index (χ1v) is 9.74. The molecule has 1 saturated heterocycles. The highest BCUT2D eigenvalue weighted by Crippen LogP contribution is 2.16. The molecule has 0 saturated carbocycles. The zero-order valence-electron chi connectivity index (χ0n) is 15.9. The Hall–Kier alpha value is -2.62. The van der Waals surface area contributed by atoms with Crippen molar-refractivity contribution >= 4 is 0 Å². The number of methoxy groups -OCH3 is 1. The standard InChI is InChI=1S/C24H26N2O/c1-27-23-14-8-13-22(17-23)24-25(18-20-9-4-2-5-10-20)15-16-26(24)19-21-11-6-3-7-12-21/h2-14,17,24H,15-16,18-19H2,1H3/p+2. The zero-order chi connectivity index (χ0) is 18.5. The van der Waals surface area contributed by atoms with Crippen molar-refractivity contribution in [3.05, 3.63) is 102 Å². The number of ether oxygens (including phenoxy) is 1. The summed E-state index contributed by atoms with van der Waals surface area (Å²) in [5.74, 6) is 0.942. The van der Waals surface area contributed by atoms with Crippen molar-refractivity contribution in [1.29, 1.82) is 0 Å². The molecule has 0 bridgehead atoms. The third-order valence-corrected chi connectivity index (χ3v) is 5.56. The van der Waals surface area contributed by atoms with E-state index in [0.717, 1.165) is 18.8 Å². The lowest BCUT2D eigenvalue weighted by Gasteiger charge is -2.25. The molecule has 0 radical (unpaired) electrons. The number of rotatable bonds is 6. The van der Waals surface area contributed by atoms with Crippen LogP contribution in [0.2, 0.25) is 0 Å². The van der Waals surface area contributed by atoms with Crippen LogP contribution in [0.25, 0.3) is 0 Å². The smallest absolute Gasteiger partial charge is 0.241 e. The molecular weight excluding hydrogens is 332 g/mol. The van der Waals surface area contributed by atoms with Crippen molar-refractivity contribution < 1.29 is 14.5 Å². The average Bonchev–Trinajstić information content (AvgIpc) is 3.11. The van der Waals surface area contributed by atoms with E-state index in [2.05, 4.69) is 78.9 Å². The highest BCUT2D eigenvalue weighted by atomic mass is 16.5. The van der Waals surface area contributed by atoms with Crippen molar-refractivity contribution in [3.63, 3.8) is 0 Å². The van der Waals surface area contributed by atoms with Crippen LogP contribution in [-0.4, -0.2) is 20.2 Å². The zero-order valence-corrected chi connectivity index (χ0v) is 15.9. The number of quaternary nitrogens is 2. The molecule has 3 aromatic rings. The van der Waals surface area contributed by atoms with Gasteiger partial charge < -0.3 is 4.74 Å². The summed E-state index contributed by atoms with van der Waals surface area (Å²) < 4.78 is 5.50. The van der Waals surface area contributed by atoms with E-state index in [-0.39, 0.29) is 0 Å². The van der Waals surface area contributed by atoms with Crippen LogP contribution in [0.3, 0.4) is 0 Å². The molecule has 2 N–H and O–H groups in total. The van der Waals surface area contributed by atoms with E-state index in [0.29, 0.717) is 6.17 Å². The maximum absolute atomic E-state index is 5.50. The van der Waals surface area contributed by atoms with Gasteiger partial charge in [-0.25, -0.2) is 0 Å². The van der Waals surface area contributed by atoms with E-state index in [4.69, 9.17) is 4.74 Å². The fourth-order valence-electron chi connectivity index (χ4n) is 4.29. The van der Waals surface area contributed by atoms with E-state index in [1.54, 1.807) is 16.9 Å². The molecule has 1 aliphatic heterocycles. The van der Waals surface area contributed by atoms with Gasteiger partial charge in [0.25, 0.3) is 0 Å². The van der Waals surface area contributed by atoms with E-state index in [9.17, 15) is 0 Å². The Morgan fingerprint density at radius 2 is 1.30 bits per heavy atom. The summed E-state index contributed by atoms with van der Waals surface area (Å²) in [7, 11) is 1.75. The van der Waals surface area contributed by atoms with Crippen LogP contribution >= 0.6 is 0 Å². The van der Waals surface area contributed by atoms with Crippen molar-refractivity contribution in [2.24, 2.45) is 0 Å². The maximum atomic E-state index is 5.50. The Labute approximate surface area is 161 Å². The van der Waals surface area contributed by atoms with Gasteiger partial charge in [0.1, 0.15) is 31.9 Å². The Kier molecular flexibility index (Phi) is 5.52. The fraction of sp³-hybridized carbons (Fsp3) is 0.250. The lowest BCUT2D eigenvalue weighted by atomic mass is 10.1. The second-order valence-corrected chi connectivity index (χ2v) is 7.35. The molecule has 1 aliphatic rings. The lowest BCUT2D eigenvalue weighted by Crippen LogP contribution is -3.22. The van der Waals surface area contributed by atoms with Gasteiger partial charge in [0.2, 0.25) is 6.17 Å². The largest absolute Gasteiger partial charge is 0.497 e. The van der Waals surface area contributed by atoms with Gasteiger partial charge in [-0.05, 0) is 18.2 Å². The van der Waals surface area contributed by atoms with Gasteiger partial charge in [-0.15, -0.1) is 0 Å². The SMILES string of the molecule is COc1cccc(C2[NH+](Cc3ccccc3)CC[NH+]2Cc2ccccc2)c1. The molecule has 3 aromatic carbocycles. The summed E-state index contributed by atoms with van der Waals surface area (Å²) in [5, 5.41) is 0. The molecule has 0 aromatic heterocycles. The van der Waals surface area contributed by atoms with Gasteiger partial charge in [0.15, 0.2) is 0 Å². The minimum Gasteiger partial charge on any atom is -0.497 e. The Bertz CT molecular complexity index is 801. The topological polar surface area (TPSA) is 18.1 Å². The number of nitrogens with one attached hydrogen (secondary N) is 2. The Morgan fingerprint density at radius 3 is 1.81 bits per heavy atom. The third kappa shape index (κ3) is 4.21. The highest BCUT2D eigenvalue weighted by Gasteiger charge is 2.40. The first kappa shape index (κ1) is 17.8. The highest BCUT2D eigenvalue weighted by molar-refractivity contribution is 5.29. The van der Waals surface area contributed by atoms with Crippen molar-refractivity contribution in [2.75, 3.05) is 20.2 Å². The van der Waals surface area contributed by atoms with E-state index in [1.165, 1.54) is 29.8 Å². The van der Waals surface area contributed by atoms with Crippen LogP contribution in [0.1, 0.15) is 22.9 Å². The molecule has 2 unspecified atom stereocenters. The summed E-state index contributed by atoms with van der Waals surface area (Å²) in [6.07, 6.45) is 0.417. The molecule has 27 heavy (non-hydrogen) atoms. The van der Waals surface area contributed by atoms with Crippen LogP contribution in [0.15, 0.2) is 84.9 Å². The monoisotopic (exact) mass is 360 g/mol. The van der Waals surface area contributed by atoms with E-state index in [1.807, 2.05) is 6.07 Å². The Morgan fingerprint density at radius 1 is 0.741 bits per heavy atom. The quantitative estimate of drug-likeness (QED) is 0.687. The molecule has 138 valence electrons. The third-order valence-electron chi connectivity index (χ3n) is 5.56. The molecule has 1 fully saturated rings. The van der Waals surface area contributed by atoms with Crippen LogP contribution in [0.5, 0.6) is 5.75 Å². The number of benzene rings is 3. The molecule has 2 atom stereocenters. The number of hydrogen-bond donors (Lipinski definition) is 2. The van der Waals surface area contributed by atoms with Gasteiger partial charge in [0, 0.05) is 11.1 Å². The first-order chi connectivity index (χ1) is 13.3. The molecule has 3 heteroatoms. The van der Waals surface area contributed by atoms with Gasteiger partial charge in [-0.1, -0.05) is 66.7 Å². The van der Waals surface area contributed by atoms with Gasteiger partial charge in [-0.2, -0.15) is 0 Å². The van der Waals surface area contributed by atoms with Gasteiger partial charge >= 0.3 is 0 Å². The summed E-state index contributed by atoms with van der Waals surface area (Å²) in [5.41, 5.74) is 4.17. The summed E-state index contributed by atoms with van der Waals surface area (Å²) >= 11 is 0. The molecule has 1 heterocycles. The van der Waals surface area contributed by atoms with Crippen molar-refractivity contribution in [3.8, 4) is 5.75 Å². The van der Waals surface area contributed by atoms with Crippen LogP contribution in [0, 0.1) is 0 Å². The first-order valence-electron chi connectivity index (χ1n) is 9.74. The predicted octanol–water partition coefficient (Wildman–Crippen LogP) is 1.88.